The summed E-state index contributed by atoms with van der Waals surface area (Å²) < 4.78 is 42.7. The van der Waals surface area contributed by atoms with Gasteiger partial charge < -0.3 is 5.32 Å². The Morgan fingerprint density at radius 1 is 1.00 bits per heavy atom. The molecule has 1 aliphatic carbocycles. The van der Waals surface area contributed by atoms with Crippen molar-refractivity contribution in [2.24, 2.45) is 5.92 Å². The highest BCUT2D eigenvalue weighted by molar-refractivity contribution is 7.94. The zero-order chi connectivity index (χ0) is 24.0. The number of thiophene rings is 1. The van der Waals surface area contributed by atoms with Crippen molar-refractivity contribution in [2.75, 3.05) is 4.72 Å². The summed E-state index contributed by atoms with van der Waals surface area (Å²) in [6.07, 6.45) is 9.20. The van der Waals surface area contributed by atoms with E-state index in [0.717, 1.165) is 29.2 Å². The van der Waals surface area contributed by atoms with Crippen molar-refractivity contribution in [3.8, 4) is 10.4 Å². The second-order valence-corrected chi connectivity index (χ2v) is 12.3. The number of hydrogen-bond acceptors (Lipinski definition) is 4. The van der Waals surface area contributed by atoms with Crippen LogP contribution in [0.15, 0.2) is 64.9 Å². The predicted octanol–water partition coefficient (Wildman–Crippen LogP) is 7.19. The van der Waals surface area contributed by atoms with E-state index in [0.29, 0.717) is 28.7 Å². The highest BCUT2D eigenvalue weighted by Crippen LogP contribution is 2.32. The van der Waals surface area contributed by atoms with Gasteiger partial charge in [0.05, 0.1) is 5.69 Å². The summed E-state index contributed by atoms with van der Waals surface area (Å²) in [6, 6.07) is 17.4. The SMILES string of the molecule is C[C@@H](CC1CCCCCC1)NCc1ccccc1NS(=O)(=O)c1ccc(-c2cccc(F)c2)s1. The standard InChI is InChI=1S/C27H33FN2O2S2/c1-20(17-21-9-4-2-3-5-10-21)29-19-23-11-6-7-14-25(23)30-34(31,32)27-16-15-26(33-27)22-12-8-13-24(28)18-22/h6-8,11-16,18,20-21,29-30H,2-5,9-10,17,19H2,1H3/t20-/m0/s1. The average Bonchev–Trinajstić information content (AvgIpc) is 3.19. The lowest BCUT2D eigenvalue weighted by Crippen LogP contribution is -2.28. The topological polar surface area (TPSA) is 58.2 Å². The lowest BCUT2D eigenvalue weighted by molar-refractivity contribution is 0.363. The van der Waals surface area contributed by atoms with Gasteiger partial charge >= 0.3 is 0 Å². The van der Waals surface area contributed by atoms with Crippen LogP contribution in [0.2, 0.25) is 0 Å². The third-order valence-electron chi connectivity index (χ3n) is 6.52. The van der Waals surface area contributed by atoms with Gasteiger partial charge in [-0.3, -0.25) is 4.72 Å². The van der Waals surface area contributed by atoms with Crippen LogP contribution in [0.1, 0.15) is 57.4 Å². The highest BCUT2D eigenvalue weighted by Gasteiger charge is 2.20. The summed E-state index contributed by atoms with van der Waals surface area (Å²) in [5, 5.41) is 3.60. The van der Waals surface area contributed by atoms with Gasteiger partial charge in [0.15, 0.2) is 0 Å². The van der Waals surface area contributed by atoms with Gasteiger partial charge in [0.1, 0.15) is 10.0 Å². The Bertz CT molecular complexity index is 1180. The first-order valence-corrected chi connectivity index (χ1v) is 14.4. The van der Waals surface area contributed by atoms with Crippen LogP contribution in [0.3, 0.4) is 0 Å². The molecular weight excluding hydrogens is 467 g/mol. The third kappa shape index (κ3) is 6.68. The molecule has 34 heavy (non-hydrogen) atoms. The van der Waals surface area contributed by atoms with E-state index in [9.17, 15) is 12.8 Å². The molecule has 1 fully saturated rings. The fourth-order valence-corrected chi connectivity index (χ4v) is 7.10. The molecule has 2 aromatic carbocycles. The van der Waals surface area contributed by atoms with Gasteiger partial charge in [-0.1, -0.05) is 68.9 Å². The molecule has 0 amide bonds. The molecule has 1 heterocycles. The van der Waals surface area contributed by atoms with Crippen LogP contribution in [-0.4, -0.2) is 14.5 Å². The van der Waals surface area contributed by atoms with Gasteiger partial charge in [0.25, 0.3) is 10.0 Å². The Morgan fingerprint density at radius 2 is 1.76 bits per heavy atom. The third-order valence-corrected chi connectivity index (χ3v) is 9.51. The summed E-state index contributed by atoms with van der Waals surface area (Å²) in [7, 11) is -3.75. The maximum Gasteiger partial charge on any atom is 0.271 e. The molecule has 2 N–H and O–H groups in total. The molecule has 4 rings (SSSR count). The van der Waals surface area contributed by atoms with E-state index in [2.05, 4.69) is 17.0 Å². The minimum atomic E-state index is -3.75. The molecule has 1 saturated carbocycles. The quantitative estimate of drug-likeness (QED) is 0.306. The van der Waals surface area contributed by atoms with Gasteiger partial charge in [0, 0.05) is 17.5 Å². The van der Waals surface area contributed by atoms with E-state index >= 15 is 0 Å². The zero-order valence-electron chi connectivity index (χ0n) is 19.6. The van der Waals surface area contributed by atoms with E-state index in [-0.39, 0.29) is 10.0 Å². The summed E-state index contributed by atoms with van der Waals surface area (Å²) in [5.41, 5.74) is 2.16. The maximum atomic E-state index is 13.6. The fourth-order valence-electron chi connectivity index (χ4n) is 4.70. The number of para-hydroxylation sites is 1. The van der Waals surface area contributed by atoms with E-state index in [1.807, 2.05) is 18.2 Å². The van der Waals surface area contributed by atoms with Crippen LogP contribution in [0, 0.1) is 11.7 Å². The molecule has 0 aliphatic heterocycles. The Morgan fingerprint density at radius 3 is 2.53 bits per heavy atom. The van der Waals surface area contributed by atoms with E-state index in [4.69, 9.17) is 0 Å². The molecule has 0 saturated heterocycles. The van der Waals surface area contributed by atoms with Crippen LogP contribution in [0.25, 0.3) is 10.4 Å². The molecule has 1 atom stereocenters. The van der Waals surface area contributed by atoms with Crippen LogP contribution < -0.4 is 10.0 Å². The molecule has 182 valence electrons. The summed E-state index contributed by atoms with van der Waals surface area (Å²) in [5.74, 6) is 0.438. The zero-order valence-corrected chi connectivity index (χ0v) is 21.2. The van der Waals surface area contributed by atoms with Crippen molar-refractivity contribution >= 4 is 27.0 Å². The minimum absolute atomic E-state index is 0.205. The highest BCUT2D eigenvalue weighted by atomic mass is 32.2. The number of benzene rings is 2. The molecule has 1 aromatic heterocycles. The van der Waals surface area contributed by atoms with Crippen molar-refractivity contribution in [3.63, 3.8) is 0 Å². The van der Waals surface area contributed by atoms with Gasteiger partial charge in [0.2, 0.25) is 0 Å². The van der Waals surface area contributed by atoms with Crippen molar-refractivity contribution in [3.05, 3.63) is 72.0 Å². The molecular formula is C27H33FN2O2S2. The molecule has 0 unspecified atom stereocenters. The number of rotatable bonds is 9. The first kappa shape index (κ1) is 24.9. The van der Waals surface area contributed by atoms with Gasteiger partial charge in [-0.15, -0.1) is 11.3 Å². The Hall–Kier alpha value is -2.22. The first-order valence-electron chi connectivity index (χ1n) is 12.1. The molecule has 3 aromatic rings. The van der Waals surface area contributed by atoms with Gasteiger partial charge in [-0.05, 0) is 60.7 Å². The summed E-state index contributed by atoms with van der Waals surface area (Å²) in [4.78, 5) is 0.710. The fraction of sp³-hybridized carbons (Fsp3) is 0.407. The molecule has 0 radical (unpaired) electrons. The average molecular weight is 501 g/mol. The second-order valence-electron chi connectivity index (χ2n) is 9.27. The Balaban J connectivity index is 1.41. The number of anilines is 1. The van der Waals surface area contributed by atoms with E-state index in [1.54, 1.807) is 30.3 Å². The van der Waals surface area contributed by atoms with Crippen LogP contribution >= 0.6 is 11.3 Å². The monoisotopic (exact) mass is 500 g/mol. The number of nitrogens with one attached hydrogen (secondary N) is 2. The normalized spacial score (nSPS) is 16.2. The van der Waals surface area contributed by atoms with Crippen LogP contribution in [0.4, 0.5) is 10.1 Å². The molecule has 0 spiro atoms. The maximum absolute atomic E-state index is 13.6. The molecule has 1 aliphatic rings. The lowest BCUT2D eigenvalue weighted by Gasteiger charge is -2.21. The number of sulfonamides is 1. The Kier molecular flexibility index (Phi) is 8.40. The molecule has 4 nitrogen and oxygen atoms in total. The van der Waals surface area contributed by atoms with Crippen LogP contribution in [0.5, 0.6) is 0 Å². The molecule has 0 bridgehead atoms. The first-order chi connectivity index (χ1) is 16.4. The second kappa shape index (κ2) is 11.5. The minimum Gasteiger partial charge on any atom is -0.310 e. The summed E-state index contributed by atoms with van der Waals surface area (Å²) >= 11 is 1.13. The van der Waals surface area contributed by atoms with Crippen molar-refractivity contribution < 1.29 is 12.8 Å². The smallest absolute Gasteiger partial charge is 0.271 e. The number of hydrogen-bond donors (Lipinski definition) is 2. The van der Waals surface area contributed by atoms with Gasteiger partial charge in [-0.2, -0.15) is 0 Å². The lowest BCUT2D eigenvalue weighted by atomic mass is 9.93. The van der Waals surface area contributed by atoms with E-state index in [1.165, 1.54) is 50.7 Å². The Labute approximate surface area is 206 Å². The largest absolute Gasteiger partial charge is 0.310 e. The van der Waals surface area contributed by atoms with Crippen molar-refractivity contribution in [1.82, 2.24) is 5.32 Å². The van der Waals surface area contributed by atoms with Crippen molar-refractivity contribution in [2.45, 2.75) is 68.7 Å². The number of halogens is 1. The van der Waals surface area contributed by atoms with E-state index < -0.39 is 10.0 Å². The summed E-state index contributed by atoms with van der Waals surface area (Å²) in [6.45, 7) is 2.82. The molecule has 7 heteroatoms. The van der Waals surface area contributed by atoms with Crippen molar-refractivity contribution in [1.29, 1.82) is 0 Å². The predicted molar refractivity (Wildman–Crippen MR) is 139 cm³/mol. The van der Waals surface area contributed by atoms with Gasteiger partial charge in [-0.25, -0.2) is 12.8 Å². The van der Waals surface area contributed by atoms with Crippen LogP contribution in [-0.2, 0) is 16.6 Å².